The molecule has 0 aliphatic carbocycles. The molecule has 1 saturated heterocycles. The van der Waals surface area contributed by atoms with E-state index in [0.717, 1.165) is 12.8 Å². The monoisotopic (exact) mass is 240 g/mol. The van der Waals surface area contributed by atoms with Crippen molar-refractivity contribution >= 4 is 0 Å². The first-order valence-electron chi connectivity index (χ1n) is 6.55. The van der Waals surface area contributed by atoms with Crippen molar-refractivity contribution in [1.29, 1.82) is 0 Å². The standard InChI is InChI=1S/C15H28O2/c1-8-13-16-11(10-14(2,3)4)9-12(17-13)15(5,6)7/h8,11-13H,1,9-10H2,2-7H3. The second-order valence-corrected chi connectivity index (χ2v) is 7.35. The van der Waals surface area contributed by atoms with Gasteiger partial charge in [0, 0.05) is 6.42 Å². The molecule has 0 saturated carbocycles. The van der Waals surface area contributed by atoms with Gasteiger partial charge < -0.3 is 9.47 Å². The molecule has 1 fully saturated rings. The van der Waals surface area contributed by atoms with Gasteiger partial charge >= 0.3 is 0 Å². The Morgan fingerprint density at radius 3 is 2.12 bits per heavy atom. The van der Waals surface area contributed by atoms with Crippen LogP contribution in [0.2, 0.25) is 0 Å². The van der Waals surface area contributed by atoms with Crippen LogP contribution in [0.5, 0.6) is 0 Å². The first kappa shape index (κ1) is 14.7. The third-order valence-corrected chi connectivity index (χ3v) is 3.10. The van der Waals surface area contributed by atoms with Crippen molar-refractivity contribution < 1.29 is 9.47 Å². The van der Waals surface area contributed by atoms with E-state index in [0.29, 0.717) is 0 Å². The van der Waals surface area contributed by atoms with Crippen molar-refractivity contribution in [2.75, 3.05) is 0 Å². The molecular weight excluding hydrogens is 212 g/mol. The van der Waals surface area contributed by atoms with Gasteiger partial charge in [0.05, 0.1) is 12.2 Å². The van der Waals surface area contributed by atoms with Crippen LogP contribution >= 0.6 is 0 Å². The number of ether oxygens (including phenoxy) is 2. The maximum atomic E-state index is 5.90. The minimum Gasteiger partial charge on any atom is -0.346 e. The Balaban J connectivity index is 2.70. The summed E-state index contributed by atoms with van der Waals surface area (Å²) in [5.41, 5.74) is 0.442. The Morgan fingerprint density at radius 2 is 1.71 bits per heavy atom. The fourth-order valence-electron chi connectivity index (χ4n) is 2.22. The van der Waals surface area contributed by atoms with Gasteiger partial charge in [-0.2, -0.15) is 0 Å². The molecule has 2 nitrogen and oxygen atoms in total. The third-order valence-electron chi connectivity index (χ3n) is 3.10. The maximum absolute atomic E-state index is 5.90. The normalized spacial score (nSPS) is 31.3. The molecule has 3 atom stereocenters. The van der Waals surface area contributed by atoms with Gasteiger partial charge in [0.15, 0.2) is 6.29 Å². The molecule has 1 rings (SSSR count). The Bertz CT molecular complexity index is 257. The molecule has 1 heterocycles. The van der Waals surface area contributed by atoms with Crippen LogP contribution in [0, 0.1) is 10.8 Å². The van der Waals surface area contributed by atoms with Crippen LogP contribution in [0.3, 0.4) is 0 Å². The summed E-state index contributed by atoms with van der Waals surface area (Å²) in [4.78, 5) is 0. The summed E-state index contributed by atoms with van der Waals surface area (Å²) in [5.74, 6) is 0. The Morgan fingerprint density at radius 1 is 1.12 bits per heavy atom. The lowest BCUT2D eigenvalue weighted by Gasteiger charge is -2.42. The van der Waals surface area contributed by atoms with Crippen molar-refractivity contribution in [2.24, 2.45) is 10.8 Å². The van der Waals surface area contributed by atoms with Gasteiger partial charge in [-0.15, -0.1) is 0 Å². The van der Waals surface area contributed by atoms with Crippen LogP contribution in [0.25, 0.3) is 0 Å². The molecule has 0 spiro atoms. The van der Waals surface area contributed by atoms with Gasteiger partial charge in [-0.3, -0.25) is 0 Å². The molecule has 100 valence electrons. The Labute approximate surface area is 106 Å². The lowest BCUT2D eigenvalue weighted by molar-refractivity contribution is -0.244. The molecule has 0 N–H and O–H groups in total. The molecule has 0 aromatic heterocycles. The van der Waals surface area contributed by atoms with Crippen molar-refractivity contribution in [3.05, 3.63) is 12.7 Å². The predicted octanol–water partition coefficient (Wildman–Crippen LogP) is 4.15. The number of hydrogen-bond acceptors (Lipinski definition) is 2. The second-order valence-electron chi connectivity index (χ2n) is 7.35. The third kappa shape index (κ3) is 4.81. The summed E-state index contributed by atoms with van der Waals surface area (Å²) in [6, 6.07) is 0. The van der Waals surface area contributed by atoms with E-state index in [1.165, 1.54) is 0 Å². The van der Waals surface area contributed by atoms with E-state index < -0.39 is 0 Å². The van der Waals surface area contributed by atoms with E-state index in [2.05, 4.69) is 48.1 Å². The first-order valence-corrected chi connectivity index (χ1v) is 6.55. The average Bonchev–Trinajstić information content (AvgIpc) is 2.13. The van der Waals surface area contributed by atoms with Gasteiger partial charge in [-0.25, -0.2) is 0 Å². The summed E-state index contributed by atoms with van der Waals surface area (Å²) in [5, 5.41) is 0. The highest BCUT2D eigenvalue weighted by Gasteiger charge is 2.36. The molecule has 2 heteroatoms. The minimum atomic E-state index is -0.250. The molecular formula is C15H28O2. The van der Waals surface area contributed by atoms with Crippen LogP contribution in [0.15, 0.2) is 12.7 Å². The number of rotatable bonds is 2. The SMILES string of the molecule is C=CC1OC(CC(C)(C)C)CC(C(C)(C)C)O1. The molecule has 0 aromatic rings. The van der Waals surface area contributed by atoms with Gasteiger partial charge in [-0.05, 0) is 23.3 Å². The zero-order valence-corrected chi connectivity index (χ0v) is 12.2. The molecule has 0 aromatic carbocycles. The highest BCUT2D eigenvalue weighted by Crippen LogP contribution is 2.35. The zero-order chi connectivity index (χ0) is 13.3. The van der Waals surface area contributed by atoms with Gasteiger partial charge in [-0.1, -0.05) is 48.1 Å². The van der Waals surface area contributed by atoms with E-state index in [-0.39, 0.29) is 29.3 Å². The van der Waals surface area contributed by atoms with Crippen molar-refractivity contribution in [2.45, 2.75) is 72.9 Å². The summed E-state index contributed by atoms with van der Waals surface area (Å²) < 4.78 is 11.8. The Kier molecular flexibility index (Phi) is 4.43. The summed E-state index contributed by atoms with van der Waals surface area (Å²) in [7, 11) is 0. The molecule has 0 bridgehead atoms. The topological polar surface area (TPSA) is 18.5 Å². The van der Waals surface area contributed by atoms with Crippen LogP contribution < -0.4 is 0 Å². The quantitative estimate of drug-likeness (QED) is 0.675. The highest BCUT2D eigenvalue weighted by molar-refractivity contribution is 4.87. The van der Waals surface area contributed by atoms with Crippen molar-refractivity contribution in [3.63, 3.8) is 0 Å². The molecule has 0 radical (unpaired) electrons. The van der Waals surface area contributed by atoms with Gasteiger partial charge in [0.2, 0.25) is 0 Å². The molecule has 1 aliphatic heterocycles. The zero-order valence-electron chi connectivity index (χ0n) is 12.2. The van der Waals surface area contributed by atoms with Crippen LogP contribution in [0.4, 0.5) is 0 Å². The second kappa shape index (κ2) is 5.11. The lowest BCUT2D eigenvalue weighted by Crippen LogP contribution is -2.44. The van der Waals surface area contributed by atoms with Crippen LogP contribution in [-0.4, -0.2) is 18.5 Å². The van der Waals surface area contributed by atoms with Crippen LogP contribution in [-0.2, 0) is 9.47 Å². The van der Waals surface area contributed by atoms with E-state index in [1.807, 2.05) is 0 Å². The van der Waals surface area contributed by atoms with Crippen molar-refractivity contribution in [3.8, 4) is 0 Å². The summed E-state index contributed by atoms with van der Waals surface area (Å²) in [6.45, 7) is 17.2. The van der Waals surface area contributed by atoms with E-state index >= 15 is 0 Å². The number of hydrogen-bond donors (Lipinski definition) is 0. The van der Waals surface area contributed by atoms with Gasteiger partial charge in [0.25, 0.3) is 0 Å². The Hall–Kier alpha value is -0.340. The lowest BCUT2D eigenvalue weighted by atomic mass is 9.81. The highest BCUT2D eigenvalue weighted by atomic mass is 16.7. The molecule has 17 heavy (non-hydrogen) atoms. The average molecular weight is 240 g/mol. The summed E-state index contributed by atoms with van der Waals surface area (Å²) in [6.07, 6.45) is 4.06. The van der Waals surface area contributed by atoms with E-state index in [9.17, 15) is 0 Å². The molecule has 0 amide bonds. The van der Waals surface area contributed by atoms with E-state index in [1.54, 1.807) is 6.08 Å². The minimum absolute atomic E-state index is 0.154. The summed E-state index contributed by atoms with van der Waals surface area (Å²) >= 11 is 0. The largest absolute Gasteiger partial charge is 0.346 e. The van der Waals surface area contributed by atoms with Gasteiger partial charge in [0.1, 0.15) is 0 Å². The first-order chi connectivity index (χ1) is 7.62. The van der Waals surface area contributed by atoms with E-state index in [4.69, 9.17) is 9.47 Å². The van der Waals surface area contributed by atoms with Crippen molar-refractivity contribution in [1.82, 2.24) is 0 Å². The maximum Gasteiger partial charge on any atom is 0.177 e. The predicted molar refractivity (Wildman–Crippen MR) is 71.9 cm³/mol. The van der Waals surface area contributed by atoms with Crippen LogP contribution in [0.1, 0.15) is 54.4 Å². The fourth-order valence-corrected chi connectivity index (χ4v) is 2.22. The molecule has 3 unspecified atom stereocenters. The molecule has 1 aliphatic rings. The fraction of sp³-hybridized carbons (Fsp3) is 0.867. The smallest absolute Gasteiger partial charge is 0.177 e.